The van der Waals surface area contributed by atoms with Gasteiger partial charge >= 0.3 is 0 Å². The second-order valence-corrected chi connectivity index (χ2v) is 13.5. The topological polar surface area (TPSA) is 132 Å². The molecule has 2 aliphatic rings. The molecule has 0 radical (unpaired) electrons. The molecule has 3 aromatic heterocycles. The van der Waals surface area contributed by atoms with E-state index in [0.717, 1.165) is 49.7 Å². The highest BCUT2D eigenvalue weighted by molar-refractivity contribution is 8.03. The van der Waals surface area contributed by atoms with Crippen molar-refractivity contribution in [3.63, 3.8) is 0 Å². The molecule has 2 aliphatic carbocycles. The first-order valence-electron chi connectivity index (χ1n) is 10.8. The van der Waals surface area contributed by atoms with Crippen molar-refractivity contribution >= 4 is 79.4 Å². The molecule has 2 N–H and O–H groups in total. The van der Waals surface area contributed by atoms with Crippen molar-refractivity contribution in [2.24, 2.45) is 0 Å². The third kappa shape index (κ3) is 5.25. The number of amides is 2. The Kier molecular flexibility index (Phi) is 7.41. The van der Waals surface area contributed by atoms with Crippen LogP contribution in [0.5, 0.6) is 0 Å². The molecular weight excluding hydrogens is 541 g/mol. The number of rotatable bonds is 8. The number of fused-ring (bicyclic) bond motifs is 2. The summed E-state index contributed by atoms with van der Waals surface area (Å²) in [7, 11) is 0. The molecule has 0 saturated heterocycles. The van der Waals surface area contributed by atoms with Gasteiger partial charge in [-0.3, -0.25) is 9.59 Å². The fraction of sp³-hybridized carbons (Fsp3) is 0.364. The molecule has 0 saturated carbocycles. The zero-order valence-electron chi connectivity index (χ0n) is 18.3. The highest BCUT2D eigenvalue weighted by Crippen LogP contribution is 2.40. The average molecular weight is 559 g/mol. The van der Waals surface area contributed by atoms with E-state index < -0.39 is 0 Å². The van der Waals surface area contributed by atoms with Gasteiger partial charge in [0.25, 0.3) is 0 Å². The molecule has 178 valence electrons. The summed E-state index contributed by atoms with van der Waals surface area (Å²) in [6.45, 7) is 0. The van der Waals surface area contributed by atoms with Crippen LogP contribution in [-0.2, 0) is 35.3 Å². The van der Waals surface area contributed by atoms with Crippen molar-refractivity contribution < 1.29 is 9.59 Å². The molecule has 3 heterocycles. The van der Waals surface area contributed by atoms with Crippen LogP contribution in [0.2, 0.25) is 0 Å². The van der Waals surface area contributed by atoms with Gasteiger partial charge in [0.05, 0.1) is 22.6 Å². The number of thiophene rings is 2. The Morgan fingerprint density at radius 2 is 1.23 bits per heavy atom. The van der Waals surface area contributed by atoms with Crippen molar-refractivity contribution in [3.05, 3.63) is 32.0 Å². The standard InChI is InChI=1S/C22H18N6O2S5/c23-7-13-11-3-1-5-15(11)33-19(13)25-17(29)9-31-21-27-28-22(35-21)32-10-18(30)26-20-14(8-24)12-4-2-6-16(12)34-20/h1-6,9-10H2,(H,25,29)(H,26,30). The van der Waals surface area contributed by atoms with Crippen molar-refractivity contribution in [1.29, 1.82) is 10.5 Å². The zero-order chi connectivity index (χ0) is 24.4. The van der Waals surface area contributed by atoms with Gasteiger partial charge < -0.3 is 10.6 Å². The Morgan fingerprint density at radius 1 is 0.771 bits per heavy atom. The number of carbonyl (C=O) groups is 2. The number of hydrogen-bond donors (Lipinski definition) is 2. The Hall–Kier alpha value is -2.42. The zero-order valence-corrected chi connectivity index (χ0v) is 22.4. The SMILES string of the molecule is N#Cc1c(NC(=O)CSc2nnc(SCC(=O)Nc3sc4c(c3C#N)CCC4)s2)sc2c1CCC2. The number of carbonyl (C=O) groups excluding carboxylic acids is 2. The number of nitrogens with zero attached hydrogens (tertiary/aromatic N) is 4. The Bertz CT molecular complexity index is 1290. The maximum atomic E-state index is 12.4. The molecule has 0 aromatic carbocycles. The quantitative estimate of drug-likeness (QED) is 0.375. The van der Waals surface area contributed by atoms with Crippen LogP contribution in [0.1, 0.15) is 44.8 Å². The van der Waals surface area contributed by atoms with Crippen LogP contribution in [0.4, 0.5) is 10.0 Å². The van der Waals surface area contributed by atoms with Crippen LogP contribution in [0.25, 0.3) is 0 Å². The van der Waals surface area contributed by atoms with Gasteiger partial charge in [-0.1, -0.05) is 34.9 Å². The molecule has 0 aliphatic heterocycles. The molecule has 13 heteroatoms. The van der Waals surface area contributed by atoms with Gasteiger partial charge in [-0.2, -0.15) is 10.5 Å². The predicted molar refractivity (Wildman–Crippen MR) is 141 cm³/mol. The van der Waals surface area contributed by atoms with Gasteiger partial charge in [-0.15, -0.1) is 32.9 Å². The summed E-state index contributed by atoms with van der Waals surface area (Å²) in [5.74, 6) is -0.0573. The van der Waals surface area contributed by atoms with Crippen molar-refractivity contribution in [1.82, 2.24) is 10.2 Å². The number of aryl methyl sites for hydroxylation is 2. The van der Waals surface area contributed by atoms with E-state index in [1.807, 2.05) is 0 Å². The number of anilines is 2. The second-order valence-electron chi connectivity index (χ2n) is 7.85. The number of nitriles is 2. The first-order valence-corrected chi connectivity index (χ1v) is 15.3. The fourth-order valence-corrected chi connectivity index (χ4v) is 9.25. The maximum absolute atomic E-state index is 12.4. The Morgan fingerprint density at radius 3 is 1.66 bits per heavy atom. The van der Waals surface area contributed by atoms with Crippen LogP contribution >= 0.6 is 57.5 Å². The minimum atomic E-state index is -0.189. The van der Waals surface area contributed by atoms with E-state index in [0.29, 0.717) is 29.8 Å². The summed E-state index contributed by atoms with van der Waals surface area (Å²) in [6.07, 6.45) is 5.87. The number of aromatic nitrogens is 2. The van der Waals surface area contributed by atoms with Crippen LogP contribution < -0.4 is 10.6 Å². The molecular formula is C22H18N6O2S5. The normalized spacial score (nSPS) is 13.7. The lowest BCUT2D eigenvalue weighted by Crippen LogP contribution is -2.14. The lowest BCUT2D eigenvalue weighted by molar-refractivity contribution is -0.114. The largest absolute Gasteiger partial charge is 0.316 e. The summed E-state index contributed by atoms with van der Waals surface area (Å²) in [5, 5.41) is 34.1. The van der Waals surface area contributed by atoms with E-state index in [9.17, 15) is 20.1 Å². The van der Waals surface area contributed by atoms with E-state index in [1.165, 1.54) is 67.3 Å². The smallest absolute Gasteiger partial charge is 0.235 e. The Labute approximate surface area is 222 Å². The number of hydrogen-bond acceptors (Lipinski definition) is 11. The van der Waals surface area contributed by atoms with Gasteiger partial charge in [0.15, 0.2) is 8.68 Å². The Balaban J connectivity index is 1.10. The van der Waals surface area contributed by atoms with E-state index in [4.69, 9.17) is 0 Å². The van der Waals surface area contributed by atoms with E-state index in [-0.39, 0.29) is 23.3 Å². The number of thioether (sulfide) groups is 2. The predicted octanol–water partition coefficient (Wildman–Crippen LogP) is 4.84. The average Bonchev–Trinajstić information content (AvgIpc) is 3.63. The van der Waals surface area contributed by atoms with Crippen LogP contribution in [-0.4, -0.2) is 33.5 Å². The minimum Gasteiger partial charge on any atom is -0.316 e. The van der Waals surface area contributed by atoms with Gasteiger partial charge in [0, 0.05) is 9.75 Å². The summed E-state index contributed by atoms with van der Waals surface area (Å²) in [4.78, 5) is 27.2. The summed E-state index contributed by atoms with van der Waals surface area (Å²) < 4.78 is 1.28. The molecule has 35 heavy (non-hydrogen) atoms. The number of nitrogens with one attached hydrogen (secondary N) is 2. The van der Waals surface area contributed by atoms with Gasteiger partial charge in [-0.25, -0.2) is 0 Å². The van der Waals surface area contributed by atoms with Gasteiger partial charge in [0.2, 0.25) is 11.8 Å². The van der Waals surface area contributed by atoms with E-state index >= 15 is 0 Å². The molecule has 0 bridgehead atoms. The third-order valence-corrected chi connectivity index (χ3v) is 11.2. The highest BCUT2D eigenvalue weighted by Gasteiger charge is 2.24. The summed E-state index contributed by atoms with van der Waals surface area (Å²) in [5.41, 5.74) is 3.37. The molecule has 0 atom stereocenters. The van der Waals surface area contributed by atoms with E-state index in [2.05, 4.69) is 33.0 Å². The first kappa shape index (κ1) is 24.3. The van der Waals surface area contributed by atoms with Crippen molar-refractivity contribution in [2.75, 3.05) is 22.1 Å². The fourth-order valence-electron chi connectivity index (χ4n) is 4.12. The van der Waals surface area contributed by atoms with Crippen molar-refractivity contribution in [2.45, 2.75) is 47.2 Å². The van der Waals surface area contributed by atoms with Crippen LogP contribution in [0.3, 0.4) is 0 Å². The molecule has 0 spiro atoms. The molecule has 2 amide bonds. The van der Waals surface area contributed by atoms with E-state index in [1.54, 1.807) is 0 Å². The summed E-state index contributed by atoms with van der Waals surface area (Å²) >= 11 is 6.87. The summed E-state index contributed by atoms with van der Waals surface area (Å²) in [6, 6.07) is 4.46. The monoisotopic (exact) mass is 558 g/mol. The van der Waals surface area contributed by atoms with Gasteiger partial charge in [-0.05, 0) is 49.7 Å². The molecule has 0 fully saturated rings. The molecule has 0 unspecified atom stereocenters. The maximum Gasteiger partial charge on any atom is 0.235 e. The van der Waals surface area contributed by atoms with Gasteiger partial charge in [0.1, 0.15) is 22.1 Å². The molecule has 8 nitrogen and oxygen atoms in total. The lowest BCUT2D eigenvalue weighted by Gasteiger charge is -2.03. The second kappa shape index (κ2) is 10.7. The minimum absolute atomic E-state index is 0.160. The van der Waals surface area contributed by atoms with Crippen molar-refractivity contribution in [3.8, 4) is 12.1 Å². The first-order chi connectivity index (χ1) is 17.1. The molecule has 3 aromatic rings. The third-order valence-electron chi connectivity index (χ3n) is 5.61. The van der Waals surface area contributed by atoms with Crippen LogP contribution in [0.15, 0.2) is 8.68 Å². The van der Waals surface area contributed by atoms with Crippen LogP contribution in [0, 0.1) is 22.7 Å². The molecule has 5 rings (SSSR count). The highest BCUT2D eigenvalue weighted by atomic mass is 32.2. The lowest BCUT2D eigenvalue weighted by atomic mass is 10.1.